The van der Waals surface area contributed by atoms with Gasteiger partial charge in [-0.1, -0.05) is 90.7 Å². The Morgan fingerprint density at radius 1 is 1.00 bits per heavy atom. The number of amides is 2. The zero-order valence-electron chi connectivity index (χ0n) is 21.6. The number of nitrogens with zero attached hydrogens (tertiary/aromatic N) is 1. The van der Waals surface area contributed by atoms with E-state index in [2.05, 4.69) is 5.32 Å². The predicted octanol–water partition coefficient (Wildman–Crippen LogP) is 6.03. The Hall–Kier alpha value is -3.31. The molecule has 1 N–H and O–H groups in total. The van der Waals surface area contributed by atoms with Crippen molar-refractivity contribution < 1.29 is 14.3 Å². The molecular formula is C31H35ClN2O3. The first kappa shape index (κ1) is 26.7. The monoisotopic (exact) mass is 518 g/mol. The van der Waals surface area contributed by atoms with Crippen LogP contribution in [-0.4, -0.2) is 35.4 Å². The fraction of sp³-hybridized carbons (Fsp3) is 0.355. The third-order valence-corrected chi connectivity index (χ3v) is 7.32. The van der Waals surface area contributed by atoms with E-state index in [1.165, 1.54) is 0 Å². The van der Waals surface area contributed by atoms with Gasteiger partial charge in [0.1, 0.15) is 11.8 Å². The summed E-state index contributed by atoms with van der Waals surface area (Å²) in [7, 11) is 0. The quantitative estimate of drug-likeness (QED) is 0.356. The molecular weight excluding hydrogens is 484 g/mol. The Kier molecular flexibility index (Phi) is 9.24. The molecule has 1 atom stereocenters. The lowest BCUT2D eigenvalue weighted by Crippen LogP contribution is -2.53. The average Bonchev–Trinajstić information content (AvgIpc) is 3.40. The van der Waals surface area contributed by atoms with Crippen molar-refractivity contribution in [2.75, 3.05) is 6.61 Å². The van der Waals surface area contributed by atoms with Gasteiger partial charge in [0.05, 0.1) is 0 Å². The molecule has 0 unspecified atom stereocenters. The van der Waals surface area contributed by atoms with Crippen LogP contribution < -0.4 is 10.1 Å². The fourth-order valence-electron chi connectivity index (χ4n) is 4.92. The molecule has 5 nitrogen and oxygen atoms in total. The van der Waals surface area contributed by atoms with Crippen molar-refractivity contribution in [2.45, 2.75) is 64.6 Å². The number of hydrogen-bond acceptors (Lipinski definition) is 3. The number of rotatable bonds is 10. The summed E-state index contributed by atoms with van der Waals surface area (Å²) in [5.74, 6) is 0.261. The SMILES string of the molecule is Cc1ccc(OCC(=O)N(Cc2ccccc2Cl)[C@H](Cc2ccccc2)C(=O)NC2CCCC2)c(C)c1. The highest BCUT2D eigenvalue weighted by atomic mass is 35.5. The van der Waals surface area contributed by atoms with Gasteiger partial charge in [-0.05, 0) is 55.5 Å². The van der Waals surface area contributed by atoms with Gasteiger partial charge in [0, 0.05) is 24.0 Å². The van der Waals surface area contributed by atoms with Crippen molar-refractivity contribution in [2.24, 2.45) is 0 Å². The molecule has 2 amide bonds. The number of nitrogens with one attached hydrogen (secondary N) is 1. The molecule has 0 heterocycles. The maximum Gasteiger partial charge on any atom is 0.261 e. The molecule has 0 radical (unpaired) electrons. The summed E-state index contributed by atoms with van der Waals surface area (Å²) in [6, 6.07) is 22.6. The zero-order chi connectivity index (χ0) is 26.2. The number of benzene rings is 3. The van der Waals surface area contributed by atoms with Gasteiger partial charge < -0.3 is 15.0 Å². The molecule has 0 aromatic heterocycles. The van der Waals surface area contributed by atoms with Crippen LogP contribution in [0.15, 0.2) is 72.8 Å². The van der Waals surface area contributed by atoms with Crippen LogP contribution in [0.3, 0.4) is 0 Å². The third kappa shape index (κ3) is 7.36. The van der Waals surface area contributed by atoms with E-state index in [9.17, 15) is 9.59 Å². The van der Waals surface area contributed by atoms with E-state index in [1.54, 1.807) is 11.0 Å². The van der Waals surface area contributed by atoms with E-state index >= 15 is 0 Å². The number of halogens is 1. The summed E-state index contributed by atoms with van der Waals surface area (Å²) in [4.78, 5) is 29.1. The molecule has 1 saturated carbocycles. The smallest absolute Gasteiger partial charge is 0.261 e. The molecule has 1 aliphatic carbocycles. The lowest BCUT2D eigenvalue weighted by Gasteiger charge is -2.32. The fourth-order valence-corrected chi connectivity index (χ4v) is 5.11. The van der Waals surface area contributed by atoms with Gasteiger partial charge in [-0.25, -0.2) is 0 Å². The van der Waals surface area contributed by atoms with Crippen LogP contribution in [0.5, 0.6) is 5.75 Å². The first-order valence-corrected chi connectivity index (χ1v) is 13.4. The zero-order valence-corrected chi connectivity index (χ0v) is 22.3. The van der Waals surface area contributed by atoms with Crippen LogP contribution in [0, 0.1) is 13.8 Å². The number of ether oxygens (including phenoxy) is 1. The minimum Gasteiger partial charge on any atom is -0.483 e. The van der Waals surface area contributed by atoms with Crippen molar-refractivity contribution in [3.05, 3.63) is 100 Å². The second-order valence-electron chi connectivity index (χ2n) is 9.87. The Bertz CT molecular complexity index is 1210. The number of carbonyl (C=O) groups excluding carboxylic acids is 2. The molecule has 37 heavy (non-hydrogen) atoms. The van der Waals surface area contributed by atoms with Crippen molar-refractivity contribution in [3.8, 4) is 5.75 Å². The van der Waals surface area contributed by atoms with Crippen LogP contribution in [-0.2, 0) is 22.6 Å². The van der Waals surface area contributed by atoms with Gasteiger partial charge in [0.25, 0.3) is 5.91 Å². The molecule has 3 aromatic rings. The third-order valence-electron chi connectivity index (χ3n) is 6.95. The highest BCUT2D eigenvalue weighted by Crippen LogP contribution is 2.23. The van der Waals surface area contributed by atoms with E-state index in [0.29, 0.717) is 17.2 Å². The van der Waals surface area contributed by atoms with Crippen molar-refractivity contribution in [1.29, 1.82) is 0 Å². The van der Waals surface area contributed by atoms with Crippen molar-refractivity contribution in [3.63, 3.8) is 0 Å². The van der Waals surface area contributed by atoms with E-state index in [0.717, 1.165) is 47.9 Å². The normalized spacial score (nSPS) is 14.2. The molecule has 1 fully saturated rings. The Labute approximate surface area is 224 Å². The van der Waals surface area contributed by atoms with Crippen LogP contribution in [0.25, 0.3) is 0 Å². The summed E-state index contributed by atoms with van der Waals surface area (Å²) < 4.78 is 5.96. The molecule has 0 spiro atoms. The Morgan fingerprint density at radius 2 is 1.70 bits per heavy atom. The first-order chi connectivity index (χ1) is 17.9. The van der Waals surface area contributed by atoms with Gasteiger partial charge in [0.2, 0.25) is 5.91 Å². The molecule has 0 saturated heterocycles. The maximum absolute atomic E-state index is 13.8. The number of carbonyl (C=O) groups is 2. The van der Waals surface area contributed by atoms with Crippen LogP contribution in [0.4, 0.5) is 0 Å². The van der Waals surface area contributed by atoms with Crippen molar-refractivity contribution in [1.82, 2.24) is 10.2 Å². The minimum atomic E-state index is -0.700. The molecule has 6 heteroatoms. The van der Waals surface area contributed by atoms with Gasteiger partial charge in [-0.2, -0.15) is 0 Å². The standard InChI is InChI=1S/C31H35ClN2O3/c1-22-16-17-29(23(2)18-22)37-21-30(35)34(20-25-12-6-9-15-27(25)32)28(19-24-10-4-3-5-11-24)31(36)33-26-13-7-8-14-26/h3-6,9-12,15-18,26,28H,7-8,13-14,19-21H2,1-2H3,(H,33,36)/t28-/m1/s1. The van der Waals surface area contributed by atoms with Crippen LogP contribution >= 0.6 is 11.6 Å². The maximum atomic E-state index is 13.8. The molecule has 3 aromatic carbocycles. The highest BCUT2D eigenvalue weighted by molar-refractivity contribution is 6.31. The Balaban J connectivity index is 1.63. The second-order valence-corrected chi connectivity index (χ2v) is 10.3. The van der Waals surface area contributed by atoms with Gasteiger partial charge in [0.15, 0.2) is 6.61 Å². The van der Waals surface area contributed by atoms with E-state index in [-0.39, 0.29) is 31.0 Å². The summed E-state index contributed by atoms with van der Waals surface area (Å²) in [6.45, 7) is 4.02. The average molecular weight is 519 g/mol. The molecule has 4 rings (SSSR count). The Morgan fingerprint density at radius 3 is 2.41 bits per heavy atom. The lowest BCUT2D eigenvalue weighted by atomic mass is 10.0. The topological polar surface area (TPSA) is 58.6 Å². The molecule has 0 bridgehead atoms. The van der Waals surface area contributed by atoms with Crippen LogP contribution in [0.1, 0.15) is 47.9 Å². The summed E-state index contributed by atoms with van der Waals surface area (Å²) in [5, 5.41) is 3.78. The molecule has 1 aliphatic rings. The second kappa shape index (κ2) is 12.8. The summed E-state index contributed by atoms with van der Waals surface area (Å²) in [6.07, 6.45) is 4.57. The largest absolute Gasteiger partial charge is 0.483 e. The predicted molar refractivity (Wildman–Crippen MR) is 148 cm³/mol. The van der Waals surface area contributed by atoms with Crippen LogP contribution in [0.2, 0.25) is 5.02 Å². The summed E-state index contributed by atoms with van der Waals surface area (Å²) in [5.41, 5.74) is 3.87. The minimum absolute atomic E-state index is 0.136. The van der Waals surface area contributed by atoms with Gasteiger partial charge in [-0.3, -0.25) is 9.59 Å². The molecule has 0 aliphatic heterocycles. The molecule has 194 valence electrons. The summed E-state index contributed by atoms with van der Waals surface area (Å²) >= 11 is 6.49. The van der Waals surface area contributed by atoms with Crippen molar-refractivity contribution >= 4 is 23.4 Å². The van der Waals surface area contributed by atoms with Gasteiger partial charge in [-0.15, -0.1) is 0 Å². The lowest BCUT2D eigenvalue weighted by molar-refractivity contribution is -0.143. The van der Waals surface area contributed by atoms with Gasteiger partial charge >= 0.3 is 0 Å². The highest BCUT2D eigenvalue weighted by Gasteiger charge is 2.32. The van der Waals surface area contributed by atoms with E-state index in [1.807, 2.05) is 80.6 Å². The van der Waals surface area contributed by atoms with E-state index < -0.39 is 6.04 Å². The van der Waals surface area contributed by atoms with E-state index in [4.69, 9.17) is 16.3 Å². The first-order valence-electron chi connectivity index (χ1n) is 13.0. The number of aryl methyl sites for hydroxylation is 2. The number of hydrogen-bond donors (Lipinski definition) is 1.